The molecule has 0 spiro atoms. The van der Waals surface area contributed by atoms with Crippen LogP contribution in [0, 0.1) is 0 Å². The summed E-state index contributed by atoms with van der Waals surface area (Å²) in [7, 11) is 0. The summed E-state index contributed by atoms with van der Waals surface area (Å²) in [5.41, 5.74) is 1.89. The Morgan fingerprint density at radius 1 is 0.943 bits per heavy atom. The molecular weight excluding hydrogens is 483 g/mol. The molecule has 1 atom stereocenters. The smallest absolute Gasteiger partial charge is 0.261 e. The molecule has 0 saturated heterocycles. The summed E-state index contributed by atoms with van der Waals surface area (Å²) in [5, 5.41) is 3.80. The molecule has 1 N–H and O–H groups in total. The molecule has 0 fully saturated rings. The number of benzene rings is 3. The maximum absolute atomic E-state index is 13.5. The van der Waals surface area contributed by atoms with E-state index in [0.29, 0.717) is 28.8 Å². The molecule has 0 aliphatic heterocycles. The standard InChI is InChI=1S/C28H30Cl2N2O3/c1-2-3-16-31-28(34)25(17-21-10-6-4-7-11-21)32(19-22-12-8-5-9-13-22)27(33)20-35-26-15-14-23(29)18-24(26)30/h4-15,18,25H,2-3,16-17,19-20H2,1H3,(H,31,34). The number of hydrogen-bond donors (Lipinski definition) is 1. The lowest BCUT2D eigenvalue weighted by Crippen LogP contribution is -2.51. The van der Waals surface area contributed by atoms with E-state index in [0.717, 1.165) is 24.0 Å². The molecule has 0 aliphatic carbocycles. The van der Waals surface area contributed by atoms with Crippen LogP contribution >= 0.6 is 23.2 Å². The van der Waals surface area contributed by atoms with Gasteiger partial charge >= 0.3 is 0 Å². The molecular formula is C28H30Cl2N2O3. The first-order valence-corrected chi connectivity index (χ1v) is 12.5. The van der Waals surface area contributed by atoms with Gasteiger partial charge in [-0.2, -0.15) is 0 Å². The zero-order chi connectivity index (χ0) is 25.0. The second-order valence-electron chi connectivity index (χ2n) is 8.22. The van der Waals surface area contributed by atoms with Crippen LogP contribution in [0.5, 0.6) is 5.75 Å². The Labute approximate surface area is 217 Å². The predicted octanol–water partition coefficient (Wildman–Crippen LogP) is 5.93. The third-order valence-corrected chi connectivity index (χ3v) is 6.07. The van der Waals surface area contributed by atoms with Gasteiger partial charge in [0.15, 0.2) is 6.61 Å². The molecule has 5 nitrogen and oxygen atoms in total. The van der Waals surface area contributed by atoms with Gasteiger partial charge in [-0.15, -0.1) is 0 Å². The first-order chi connectivity index (χ1) is 17.0. The van der Waals surface area contributed by atoms with Gasteiger partial charge in [-0.05, 0) is 35.7 Å². The van der Waals surface area contributed by atoms with Crippen molar-refractivity contribution in [2.45, 2.75) is 38.8 Å². The molecule has 7 heteroatoms. The number of carbonyl (C=O) groups is 2. The Hall–Kier alpha value is -3.02. The van der Waals surface area contributed by atoms with Gasteiger partial charge in [0, 0.05) is 24.5 Å². The number of hydrogen-bond acceptors (Lipinski definition) is 3. The summed E-state index contributed by atoms with van der Waals surface area (Å²) in [6.07, 6.45) is 2.22. The Morgan fingerprint density at radius 2 is 1.60 bits per heavy atom. The number of nitrogens with one attached hydrogen (secondary N) is 1. The van der Waals surface area contributed by atoms with Crippen molar-refractivity contribution in [2.75, 3.05) is 13.2 Å². The van der Waals surface area contributed by atoms with Crippen molar-refractivity contribution in [3.8, 4) is 5.75 Å². The number of rotatable bonds is 12. The highest BCUT2D eigenvalue weighted by atomic mass is 35.5. The molecule has 0 heterocycles. The van der Waals surface area contributed by atoms with Gasteiger partial charge in [-0.1, -0.05) is 97.2 Å². The average molecular weight is 513 g/mol. The summed E-state index contributed by atoms with van der Waals surface area (Å²) in [5.74, 6) is -0.140. The van der Waals surface area contributed by atoms with Crippen molar-refractivity contribution >= 4 is 35.0 Å². The molecule has 3 aromatic rings. The van der Waals surface area contributed by atoms with Crippen LogP contribution in [0.15, 0.2) is 78.9 Å². The van der Waals surface area contributed by atoms with Crippen LogP contribution in [0.1, 0.15) is 30.9 Å². The fourth-order valence-corrected chi connectivity index (χ4v) is 4.12. The van der Waals surface area contributed by atoms with Crippen molar-refractivity contribution in [1.29, 1.82) is 0 Å². The number of carbonyl (C=O) groups excluding carboxylic acids is 2. The number of amides is 2. The molecule has 0 aliphatic rings. The van der Waals surface area contributed by atoms with E-state index in [1.807, 2.05) is 60.7 Å². The third kappa shape index (κ3) is 8.30. The molecule has 3 rings (SSSR count). The van der Waals surface area contributed by atoms with E-state index < -0.39 is 6.04 Å². The summed E-state index contributed by atoms with van der Waals surface area (Å²) < 4.78 is 5.74. The second kappa shape index (κ2) is 13.8. The van der Waals surface area contributed by atoms with Crippen LogP contribution in [-0.4, -0.2) is 35.9 Å². The molecule has 3 aromatic carbocycles. The highest BCUT2D eigenvalue weighted by molar-refractivity contribution is 6.35. The molecule has 0 aromatic heterocycles. The van der Waals surface area contributed by atoms with Crippen molar-refractivity contribution < 1.29 is 14.3 Å². The average Bonchev–Trinajstić information content (AvgIpc) is 2.86. The molecule has 0 saturated carbocycles. The van der Waals surface area contributed by atoms with Gasteiger partial charge in [0.2, 0.25) is 5.91 Å². The molecule has 184 valence electrons. The minimum Gasteiger partial charge on any atom is -0.482 e. The topological polar surface area (TPSA) is 58.6 Å². The maximum Gasteiger partial charge on any atom is 0.261 e. The minimum atomic E-state index is -0.703. The zero-order valence-corrected chi connectivity index (χ0v) is 21.3. The SMILES string of the molecule is CCCCNC(=O)C(Cc1ccccc1)N(Cc1ccccc1)C(=O)COc1ccc(Cl)cc1Cl. The van der Waals surface area contributed by atoms with Crippen LogP contribution in [-0.2, 0) is 22.6 Å². The van der Waals surface area contributed by atoms with Crippen LogP contribution in [0.4, 0.5) is 0 Å². The lowest BCUT2D eigenvalue weighted by atomic mass is 10.0. The van der Waals surface area contributed by atoms with Gasteiger partial charge in [-0.25, -0.2) is 0 Å². The zero-order valence-electron chi connectivity index (χ0n) is 19.8. The Kier molecular flexibility index (Phi) is 10.5. The lowest BCUT2D eigenvalue weighted by Gasteiger charge is -2.31. The van der Waals surface area contributed by atoms with E-state index in [9.17, 15) is 9.59 Å². The highest BCUT2D eigenvalue weighted by Gasteiger charge is 2.30. The van der Waals surface area contributed by atoms with Gasteiger partial charge in [0.05, 0.1) is 5.02 Å². The van der Waals surface area contributed by atoms with E-state index in [-0.39, 0.29) is 25.0 Å². The maximum atomic E-state index is 13.5. The van der Waals surface area contributed by atoms with Crippen LogP contribution < -0.4 is 10.1 Å². The Morgan fingerprint density at radius 3 is 2.23 bits per heavy atom. The lowest BCUT2D eigenvalue weighted by molar-refractivity contribution is -0.142. The summed E-state index contributed by atoms with van der Waals surface area (Å²) >= 11 is 12.2. The molecule has 2 amide bonds. The quantitative estimate of drug-likeness (QED) is 0.306. The van der Waals surface area contributed by atoms with Crippen LogP contribution in [0.25, 0.3) is 0 Å². The van der Waals surface area contributed by atoms with E-state index in [2.05, 4.69) is 12.2 Å². The van der Waals surface area contributed by atoms with Crippen molar-refractivity contribution in [3.05, 3.63) is 100 Å². The largest absolute Gasteiger partial charge is 0.482 e. The first kappa shape index (κ1) is 26.6. The van der Waals surface area contributed by atoms with E-state index in [1.165, 1.54) is 0 Å². The Balaban J connectivity index is 1.87. The number of nitrogens with zero attached hydrogens (tertiary/aromatic N) is 1. The molecule has 0 radical (unpaired) electrons. The predicted molar refractivity (Wildman–Crippen MR) is 141 cm³/mol. The molecule has 1 unspecified atom stereocenters. The Bertz CT molecular complexity index is 1090. The minimum absolute atomic E-state index is 0.184. The normalized spacial score (nSPS) is 11.5. The molecule has 0 bridgehead atoms. The highest BCUT2D eigenvalue weighted by Crippen LogP contribution is 2.27. The van der Waals surface area contributed by atoms with Crippen molar-refractivity contribution in [3.63, 3.8) is 0 Å². The summed E-state index contributed by atoms with van der Waals surface area (Å²) in [6.45, 7) is 2.64. The third-order valence-electron chi connectivity index (χ3n) is 5.54. The van der Waals surface area contributed by atoms with Crippen LogP contribution in [0.2, 0.25) is 10.0 Å². The summed E-state index contributed by atoms with van der Waals surface area (Å²) in [6, 6.07) is 23.4. The van der Waals surface area contributed by atoms with Gasteiger partial charge in [0.1, 0.15) is 11.8 Å². The number of halogens is 2. The van der Waals surface area contributed by atoms with E-state index >= 15 is 0 Å². The van der Waals surface area contributed by atoms with Gasteiger partial charge in [-0.3, -0.25) is 9.59 Å². The van der Waals surface area contributed by atoms with Crippen LogP contribution in [0.3, 0.4) is 0 Å². The van der Waals surface area contributed by atoms with Crippen molar-refractivity contribution in [1.82, 2.24) is 10.2 Å². The van der Waals surface area contributed by atoms with Gasteiger partial charge in [0.25, 0.3) is 5.91 Å². The molecule has 35 heavy (non-hydrogen) atoms. The fourth-order valence-electron chi connectivity index (χ4n) is 3.65. The monoisotopic (exact) mass is 512 g/mol. The summed E-state index contributed by atoms with van der Waals surface area (Å²) in [4.78, 5) is 28.5. The van der Waals surface area contributed by atoms with Crippen molar-refractivity contribution in [2.24, 2.45) is 0 Å². The number of ether oxygens (including phenoxy) is 1. The van der Waals surface area contributed by atoms with E-state index in [4.69, 9.17) is 27.9 Å². The fraction of sp³-hybridized carbons (Fsp3) is 0.286. The second-order valence-corrected chi connectivity index (χ2v) is 9.06. The first-order valence-electron chi connectivity index (χ1n) is 11.7. The van der Waals surface area contributed by atoms with Gasteiger partial charge < -0.3 is 15.0 Å². The van der Waals surface area contributed by atoms with E-state index in [1.54, 1.807) is 23.1 Å². The number of unbranched alkanes of at least 4 members (excludes halogenated alkanes) is 1.